The van der Waals surface area contributed by atoms with Gasteiger partial charge in [0.05, 0.1) is 10.6 Å². The van der Waals surface area contributed by atoms with Crippen LogP contribution in [-0.4, -0.2) is 27.4 Å². The topological polar surface area (TPSA) is 109 Å². The molecule has 0 bridgehead atoms. The lowest BCUT2D eigenvalue weighted by molar-refractivity contribution is -0.417. The van der Waals surface area contributed by atoms with Crippen molar-refractivity contribution in [2.45, 2.75) is 46.4 Å². The summed E-state index contributed by atoms with van der Waals surface area (Å²) < 4.78 is 5.32. The highest BCUT2D eigenvalue weighted by Crippen LogP contribution is 2.22. The van der Waals surface area contributed by atoms with Crippen LogP contribution in [0.4, 0.5) is 16.2 Å². The van der Waals surface area contributed by atoms with Crippen molar-refractivity contribution in [3.05, 3.63) is 130 Å². The Hall–Kier alpha value is -4.92. The minimum absolute atomic E-state index is 0.0121. The molecule has 0 atom stereocenters. The molecule has 0 aliphatic rings. The van der Waals surface area contributed by atoms with E-state index in [1.165, 1.54) is 6.20 Å². The van der Waals surface area contributed by atoms with Gasteiger partial charge in [0.1, 0.15) is 5.60 Å². The highest BCUT2D eigenvalue weighted by Gasteiger charge is 2.27. The van der Waals surface area contributed by atoms with Crippen molar-refractivity contribution < 1.29 is 14.5 Å². The molecule has 9 nitrogen and oxygen atoms in total. The van der Waals surface area contributed by atoms with Gasteiger partial charge in [-0.3, -0.25) is 15.4 Å². The number of hydrogen-bond acceptors (Lipinski definition) is 6. The van der Waals surface area contributed by atoms with Gasteiger partial charge in [0.25, 0.3) is 0 Å². The highest BCUT2D eigenvalue weighted by molar-refractivity contribution is 6.07. The fraction of sp³-hybridized carbons (Fsp3) is 0.226. The van der Waals surface area contributed by atoms with Gasteiger partial charge in [0, 0.05) is 30.7 Å². The molecule has 208 valence electrons. The number of nitro groups is 1. The van der Waals surface area contributed by atoms with E-state index in [1.54, 1.807) is 52.0 Å². The quantitative estimate of drug-likeness (QED) is 0.122. The van der Waals surface area contributed by atoms with E-state index in [0.717, 1.165) is 11.1 Å². The fourth-order valence-corrected chi connectivity index (χ4v) is 3.92. The summed E-state index contributed by atoms with van der Waals surface area (Å²) in [6.07, 6.45) is 0.643. The van der Waals surface area contributed by atoms with Gasteiger partial charge in [0.15, 0.2) is 0 Å². The van der Waals surface area contributed by atoms with E-state index in [0.29, 0.717) is 30.2 Å². The van der Waals surface area contributed by atoms with Gasteiger partial charge in [-0.15, -0.1) is 0 Å². The molecule has 3 aromatic carbocycles. The second kappa shape index (κ2) is 13.7. The highest BCUT2D eigenvalue weighted by atomic mass is 16.6. The van der Waals surface area contributed by atoms with Crippen molar-refractivity contribution in [1.29, 1.82) is 0 Å². The minimum atomic E-state index is -0.655. The van der Waals surface area contributed by atoms with Crippen molar-refractivity contribution in [3.8, 4) is 0 Å². The first-order valence-electron chi connectivity index (χ1n) is 12.8. The smallest absolute Gasteiger partial charge is 0.412 e. The predicted molar refractivity (Wildman–Crippen MR) is 159 cm³/mol. The molecule has 0 spiro atoms. The van der Waals surface area contributed by atoms with E-state index < -0.39 is 16.6 Å². The minimum Gasteiger partial charge on any atom is -0.444 e. The molecule has 0 aromatic heterocycles. The number of benzene rings is 3. The van der Waals surface area contributed by atoms with Crippen LogP contribution in [0.5, 0.6) is 0 Å². The summed E-state index contributed by atoms with van der Waals surface area (Å²) in [7, 11) is 0. The number of hydrogen-bond donors (Lipinski definition) is 2. The van der Waals surface area contributed by atoms with E-state index in [4.69, 9.17) is 4.74 Å². The standard InChI is InChI=1S/C31H35N5O4/c1-6-32-29(33-26-18-13-19-27(20-26)34-30(37)40-31(3,4)5)28(36(38)39)23(2)35(21-24-14-9-7-10-15-24)22-25-16-11-8-12-17-25/h6-20H,1,21-22H2,2-5H3,(H,32,33)(H,34,37)/b28-23-. The maximum atomic E-state index is 12.5. The Bertz CT molecular complexity index is 1340. The summed E-state index contributed by atoms with van der Waals surface area (Å²) in [6.45, 7) is 11.6. The van der Waals surface area contributed by atoms with Gasteiger partial charge in [-0.1, -0.05) is 73.3 Å². The van der Waals surface area contributed by atoms with Crippen molar-refractivity contribution in [3.63, 3.8) is 0 Å². The molecule has 3 rings (SSSR count). The molecule has 0 aliphatic heterocycles. The summed E-state index contributed by atoms with van der Waals surface area (Å²) in [5.74, 6) is 0.0121. The van der Waals surface area contributed by atoms with Crippen molar-refractivity contribution in [2.24, 2.45) is 4.99 Å². The SMILES string of the molecule is C=CN=C(Nc1cccc(NC(=O)OC(C)(C)C)c1)/C(=C(\C)N(Cc1ccccc1)Cc1ccccc1)[N+](=O)[O-]. The second-order valence-corrected chi connectivity index (χ2v) is 10.0. The second-order valence-electron chi connectivity index (χ2n) is 10.0. The van der Waals surface area contributed by atoms with Crippen LogP contribution < -0.4 is 10.6 Å². The number of rotatable bonds is 10. The number of amides is 1. The Morgan fingerprint density at radius 3 is 1.95 bits per heavy atom. The summed E-state index contributed by atoms with van der Waals surface area (Å²) in [4.78, 5) is 30.5. The lowest BCUT2D eigenvalue weighted by atomic mass is 10.1. The Balaban J connectivity index is 1.97. The Labute approximate surface area is 235 Å². The number of anilines is 2. The first-order chi connectivity index (χ1) is 19.1. The number of amidine groups is 1. The van der Waals surface area contributed by atoms with Gasteiger partial charge in [-0.25, -0.2) is 9.79 Å². The molecule has 40 heavy (non-hydrogen) atoms. The third kappa shape index (κ3) is 9.13. The third-order valence-electron chi connectivity index (χ3n) is 5.65. The van der Waals surface area contributed by atoms with Crippen LogP contribution in [0.25, 0.3) is 0 Å². The van der Waals surface area contributed by atoms with E-state index in [2.05, 4.69) is 22.2 Å². The summed E-state index contributed by atoms with van der Waals surface area (Å²) in [5.41, 5.74) is 2.53. The van der Waals surface area contributed by atoms with Crippen molar-refractivity contribution in [2.75, 3.05) is 10.6 Å². The predicted octanol–water partition coefficient (Wildman–Crippen LogP) is 7.20. The number of aliphatic imine (C=N–C) groups is 1. The maximum Gasteiger partial charge on any atom is 0.412 e. The van der Waals surface area contributed by atoms with Crippen LogP contribution >= 0.6 is 0 Å². The van der Waals surface area contributed by atoms with Crippen molar-refractivity contribution >= 4 is 23.3 Å². The van der Waals surface area contributed by atoms with E-state index in [9.17, 15) is 14.9 Å². The van der Waals surface area contributed by atoms with E-state index >= 15 is 0 Å². The monoisotopic (exact) mass is 541 g/mol. The van der Waals surface area contributed by atoms with Gasteiger partial charge in [0.2, 0.25) is 5.84 Å². The normalized spacial score (nSPS) is 12.2. The molecular formula is C31H35N5O4. The molecule has 0 radical (unpaired) electrons. The maximum absolute atomic E-state index is 12.5. The van der Waals surface area contributed by atoms with E-state index in [1.807, 2.05) is 65.6 Å². The van der Waals surface area contributed by atoms with E-state index in [-0.39, 0.29) is 11.5 Å². The van der Waals surface area contributed by atoms with Crippen LogP contribution in [0.2, 0.25) is 0 Å². The summed E-state index contributed by atoms with van der Waals surface area (Å²) in [6, 6.07) is 26.3. The molecule has 0 unspecified atom stereocenters. The molecule has 0 saturated heterocycles. The lowest BCUT2D eigenvalue weighted by Gasteiger charge is -2.26. The molecule has 0 fully saturated rings. The van der Waals surface area contributed by atoms with Gasteiger partial charge < -0.3 is 15.0 Å². The molecule has 1 amide bonds. The zero-order valence-corrected chi connectivity index (χ0v) is 23.3. The number of allylic oxidation sites excluding steroid dienone is 1. The summed E-state index contributed by atoms with van der Waals surface area (Å²) >= 11 is 0. The first kappa shape index (κ1) is 29.6. The van der Waals surface area contributed by atoms with Gasteiger partial charge in [-0.05, 0) is 57.0 Å². The Morgan fingerprint density at radius 1 is 0.950 bits per heavy atom. The molecule has 0 heterocycles. The number of nitrogens with zero attached hydrogens (tertiary/aromatic N) is 3. The average molecular weight is 542 g/mol. The Kier molecular flexibility index (Phi) is 10.2. The molecule has 2 N–H and O–H groups in total. The zero-order valence-electron chi connectivity index (χ0n) is 23.3. The first-order valence-corrected chi connectivity index (χ1v) is 12.8. The summed E-state index contributed by atoms with van der Waals surface area (Å²) in [5, 5.41) is 18.2. The van der Waals surface area contributed by atoms with Crippen molar-refractivity contribution in [1.82, 2.24) is 4.90 Å². The number of carbonyl (C=O) groups is 1. The molecule has 0 saturated carbocycles. The molecular weight excluding hydrogens is 506 g/mol. The van der Waals surface area contributed by atoms with Crippen LogP contribution in [0.1, 0.15) is 38.8 Å². The van der Waals surface area contributed by atoms with Gasteiger partial charge >= 0.3 is 11.8 Å². The zero-order chi connectivity index (χ0) is 29.1. The third-order valence-corrected chi connectivity index (χ3v) is 5.65. The van der Waals surface area contributed by atoms with Crippen LogP contribution in [0, 0.1) is 10.1 Å². The molecule has 3 aromatic rings. The van der Waals surface area contributed by atoms with Crippen LogP contribution in [0.3, 0.4) is 0 Å². The fourth-order valence-electron chi connectivity index (χ4n) is 3.92. The van der Waals surface area contributed by atoms with Crippen LogP contribution in [-0.2, 0) is 17.8 Å². The van der Waals surface area contributed by atoms with Gasteiger partial charge in [-0.2, -0.15) is 0 Å². The Morgan fingerprint density at radius 2 is 1.48 bits per heavy atom. The number of ether oxygens (including phenoxy) is 1. The molecule has 9 heteroatoms. The largest absolute Gasteiger partial charge is 0.444 e. The number of nitrogens with one attached hydrogen (secondary N) is 2. The molecule has 0 aliphatic carbocycles. The lowest BCUT2D eigenvalue weighted by Crippen LogP contribution is -2.29. The van der Waals surface area contributed by atoms with Crippen LogP contribution in [0.15, 0.2) is 114 Å². The average Bonchev–Trinajstić information content (AvgIpc) is 2.88. The number of carbonyl (C=O) groups excluding carboxylic acids is 1.